The summed E-state index contributed by atoms with van der Waals surface area (Å²) in [6, 6.07) is 6.74. The second kappa shape index (κ2) is 8.49. The third-order valence-corrected chi connectivity index (χ3v) is 6.25. The summed E-state index contributed by atoms with van der Waals surface area (Å²) < 4.78 is 2.45. The van der Waals surface area contributed by atoms with Crippen LogP contribution < -0.4 is 10.6 Å². The summed E-state index contributed by atoms with van der Waals surface area (Å²) in [7, 11) is 4.06. The van der Waals surface area contributed by atoms with E-state index in [9.17, 15) is 4.79 Å². The Labute approximate surface area is 174 Å². The van der Waals surface area contributed by atoms with Crippen LogP contribution in [0.5, 0.6) is 0 Å². The van der Waals surface area contributed by atoms with Crippen LogP contribution in [0.3, 0.4) is 0 Å². The first kappa shape index (κ1) is 20.4. The summed E-state index contributed by atoms with van der Waals surface area (Å²) in [6.45, 7) is 7.18. The highest BCUT2D eigenvalue weighted by Crippen LogP contribution is 2.38. The van der Waals surface area contributed by atoms with Crippen molar-refractivity contribution in [1.82, 2.24) is 20.1 Å². The van der Waals surface area contributed by atoms with Gasteiger partial charge in [-0.25, -0.2) is 0 Å². The van der Waals surface area contributed by atoms with Gasteiger partial charge in [0, 0.05) is 42.8 Å². The van der Waals surface area contributed by atoms with Crippen molar-refractivity contribution < 1.29 is 4.79 Å². The molecule has 4 rings (SSSR count). The summed E-state index contributed by atoms with van der Waals surface area (Å²) in [6.07, 6.45) is 6.82. The molecule has 158 valence electrons. The van der Waals surface area contributed by atoms with Crippen molar-refractivity contribution in [3.8, 4) is 0 Å². The van der Waals surface area contributed by atoms with Crippen LogP contribution in [0.2, 0.25) is 0 Å². The van der Waals surface area contributed by atoms with Crippen molar-refractivity contribution in [3.63, 3.8) is 0 Å². The maximum atomic E-state index is 13.0. The minimum atomic E-state index is -0.187. The fraction of sp³-hybridized carbons (Fsp3) is 0.625. The molecule has 2 aromatic rings. The molecule has 1 amide bonds. The molecule has 2 aliphatic rings. The zero-order valence-corrected chi connectivity index (χ0v) is 18.4. The molecule has 0 spiro atoms. The number of likely N-dealkylation sites (N-methyl/N-ethyl adjacent to an activating group) is 1. The smallest absolute Gasteiger partial charge is 0.237 e. The predicted octanol–water partition coefficient (Wildman–Crippen LogP) is 3.33. The molecular formula is C24H36N4O. The highest BCUT2D eigenvalue weighted by Gasteiger charge is 2.31. The summed E-state index contributed by atoms with van der Waals surface area (Å²) in [5.74, 6) is 1.52. The number of hydrogen-bond acceptors (Lipinski definition) is 3. The van der Waals surface area contributed by atoms with Crippen LogP contribution in [0.4, 0.5) is 0 Å². The fourth-order valence-corrected chi connectivity index (χ4v) is 4.62. The molecule has 0 unspecified atom stereocenters. The van der Waals surface area contributed by atoms with Gasteiger partial charge in [-0.3, -0.25) is 10.1 Å². The third kappa shape index (κ3) is 4.67. The van der Waals surface area contributed by atoms with Crippen molar-refractivity contribution in [3.05, 3.63) is 35.5 Å². The van der Waals surface area contributed by atoms with Crippen molar-refractivity contribution in [2.45, 2.75) is 58.2 Å². The van der Waals surface area contributed by atoms with E-state index in [0.29, 0.717) is 12.5 Å². The molecule has 2 atom stereocenters. The SMILES string of the molecule is CC(C)C[C@@H]1N[C@H](C(=O)NCCN(C)C)Cc2cn(CC3CC3)c3cccc1c23. The summed E-state index contributed by atoms with van der Waals surface area (Å²) >= 11 is 0. The lowest BCUT2D eigenvalue weighted by Crippen LogP contribution is -2.47. The largest absolute Gasteiger partial charge is 0.353 e. The van der Waals surface area contributed by atoms with Gasteiger partial charge in [-0.05, 0) is 68.8 Å². The van der Waals surface area contributed by atoms with E-state index in [1.165, 1.54) is 34.9 Å². The van der Waals surface area contributed by atoms with Gasteiger partial charge in [-0.1, -0.05) is 26.0 Å². The Kier molecular flexibility index (Phi) is 5.98. The first-order chi connectivity index (χ1) is 13.9. The maximum absolute atomic E-state index is 13.0. The molecule has 5 heteroatoms. The van der Waals surface area contributed by atoms with Gasteiger partial charge in [0.1, 0.15) is 0 Å². The molecule has 1 aliphatic heterocycles. The lowest BCUT2D eigenvalue weighted by Gasteiger charge is -2.25. The Morgan fingerprint density at radius 3 is 2.79 bits per heavy atom. The van der Waals surface area contributed by atoms with Crippen LogP contribution in [-0.4, -0.2) is 48.6 Å². The van der Waals surface area contributed by atoms with E-state index in [2.05, 4.69) is 58.3 Å². The highest BCUT2D eigenvalue weighted by molar-refractivity contribution is 5.90. The van der Waals surface area contributed by atoms with Crippen molar-refractivity contribution in [2.75, 3.05) is 27.2 Å². The minimum absolute atomic E-state index is 0.122. The minimum Gasteiger partial charge on any atom is -0.353 e. The Bertz CT molecular complexity index is 865. The number of rotatable bonds is 8. The molecule has 2 N–H and O–H groups in total. The monoisotopic (exact) mass is 396 g/mol. The van der Waals surface area contributed by atoms with Crippen LogP contribution in [0.15, 0.2) is 24.4 Å². The van der Waals surface area contributed by atoms with Gasteiger partial charge in [0.15, 0.2) is 0 Å². The van der Waals surface area contributed by atoms with Gasteiger partial charge >= 0.3 is 0 Å². The Balaban J connectivity index is 1.65. The van der Waals surface area contributed by atoms with Crippen LogP contribution in [0.25, 0.3) is 10.9 Å². The molecule has 1 saturated carbocycles. The number of nitrogens with zero attached hydrogens (tertiary/aromatic N) is 2. The molecule has 29 heavy (non-hydrogen) atoms. The van der Waals surface area contributed by atoms with E-state index in [1.807, 2.05) is 14.1 Å². The van der Waals surface area contributed by atoms with Gasteiger partial charge in [-0.2, -0.15) is 0 Å². The van der Waals surface area contributed by atoms with Crippen molar-refractivity contribution in [1.29, 1.82) is 0 Å². The molecule has 2 heterocycles. The summed E-state index contributed by atoms with van der Waals surface area (Å²) in [5, 5.41) is 8.24. The number of benzene rings is 1. The van der Waals surface area contributed by atoms with Gasteiger partial charge < -0.3 is 14.8 Å². The van der Waals surface area contributed by atoms with Crippen LogP contribution in [0, 0.1) is 11.8 Å². The van der Waals surface area contributed by atoms with Crippen LogP contribution in [-0.2, 0) is 17.8 Å². The molecule has 1 aromatic heterocycles. The van der Waals surface area contributed by atoms with E-state index in [1.54, 1.807) is 0 Å². The molecule has 5 nitrogen and oxygen atoms in total. The lowest BCUT2D eigenvalue weighted by atomic mass is 9.94. The maximum Gasteiger partial charge on any atom is 0.237 e. The number of carbonyl (C=O) groups excluding carboxylic acids is 1. The number of carbonyl (C=O) groups is 1. The normalized spacial score (nSPS) is 21.7. The van der Waals surface area contributed by atoms with E-state index in [0.717, 1.165) is 31.8 Å². The first-order valence-corrected chi connectivity index (χ1v) is 11.2. The van der Waals surface area contributed by atoms with E-state index in [-0.39, 0.29) is 18.0 Å². The Morgan fingerprint density at radius 2 is 2.10 bits per heavy atom. The number of amides is 1. The standard InChI is InChI=1S/C24H36N4O/c1-16(2)12-20-19-6-5-7-22-23(19)18(15-28(22)14-17-8-9-17)13-21(26-20)24(29)25-10-11-27(3)4/h5-7,15-17,20-21,26H,8-14H2,1-4H3,(H,25,29)/t20-,21-/m0/s1. The second-order valence-corrected chi connectivity index (χ2v) is 9.69. The van der Waals surface area contributed by atoms with E-state index >= 15 is 0 Å². The zero-order chi connectivity index (χ0) is 20.5. The first-order valence-electron chi connectivity index (χ1n) is 11.2. The lowest BCUT2D eigenvalue weighted by molar-refractivity contribution is -0.123. The summed E-state index contributed by atoms with van der Waals surface area (Å²) in [5.41, 5.74) is 4.03. The molecule has 1 fully saturated rings. The topological polar surface area (TPSA) is 49.3 Å². The van der Waals surface area contributed by atoms with Crippen molar-refractivity contribution >= 4 is 16.8 Å². The molecule has 0 radical (unpaired) electrons. The van der Waals surface area contributed by atoms with Crippen molar-refractivity contribution in [2.24, 2.45) is 11.8 Å². The molecule has 0 bridgehead atoms. The van der Waals surface area contributed by atoms with E-state index < -0.39 is 0 Å². The van der Waals surface area contributed by atoms with Crippen LogP contribution in [0.1, 0.15) is 50.3 Å². The summed E-state index contributed by atoms with van der Waals surface area (Å²) in [4.78, 5) is 15.1. The van der Waals surface area contributed by atoms with Gasteiger partial charge in [0.25, 0.3) is 0 Å². The fourth-order valence-electron chi connectivity index (χ4n) is 4.62. The third-order valence-electron chi connectivity index (χ3n) is 6.25. The molecule has 0 saturated heterocycles. The molecular weight excluding hydrogens is 360 g/mol. The van der Waals surface area contributed by atoms with Gasteiger partial charge in [-0.15, -0.1) is 0 Å². The van der Waals surface area contributed by atoms with E-state index in [4.69, 9.17) is 0 Å². The van der Waals surface area contributed by atoms with Gasteiger partial charge in [0.05, 0.1) is 6.04 Å². The number of aromatic nitrogens is 1. The average molecular weight is 397 g/mol. The predicted molar refractivity (Wildman–Crippen MR) is 119 cm³/mol. The molecule has 1 aliphatic carbocycles. The second-order valence-electron chi connectivity index (χ2n) is 9.69. The van der Waals surface area contributed by atoms with Gasteiger partial charge in [0.2, 0.25) is 5.91 Å². The average Bonchev–Trinajstić information content (AvgIpc) is 3.42. The Morgan fingerprint density at radius 1 is 1.31 bits per heavy atom. The number of hydrogen-bond donors (Lipinski definition) is 2. The number of nitrogens with one attached hydrogen (secondary N) is 2. The van der Waals surface area contributed by atoms with Crippen LogP contribution >= 0.6 is 0 Å². The Hall–Kier alpha value is -1.85. The molecule has 1 aromatic carbocycles. The highest BCUT2D eigenvalue weighted by atomic mass is 16.2. The quantitative estimate of drug-likeness (QED) is 0.720. The zero-order valence-electron chi connectivity index (χ0n) is 18.4.